The first-order valence-corrected chi connectivity index (χ1v) is 12.0. The number of nitrogens with two attached hydrogens (primary N) is 1. The molecule has 0 spiro atoms. The highest BCUT2D eigenvalue weighted by molar-refractivity contribution is 6.16. The number of fused-ring (bicyclic) bond motifs is 1. The normalized spacial score (nSPS) is 13.7. The Morgan fingerprint density at radius 2 is 1.72 bits per heavy atom. The van der Waals surface area contributed by atoms with Crippen LogP contribution in [0.1, 0.15) is 12.8 Å². The third-order valence-corrected chi connectivity index (χ3v) is 6.69. The van der Waals surface area contributed by atoms with E-state index in [0.717, 1.165) is 11.6 Å². The molecule has 3 heterocycles. The number of rotatable bonds is 7. The van der Waals surface area contributed by atoms with E-state index < -0.39 is 28.9 Å². The Bertz CT molecular complexity index is 1720. The topological polar surface area (TPSA) is 127 Å². The molecule has 3 N–H and O–H groups in total. The van der Waals surface area contributed by atoms with Gasteiger partial charge in [-0.1, -0.05) is 0 Å². The second-order valence-electron chi connectivity index (χ2n) is 9.16. The van der Waals surface area contributed by atoms with E-state index in [4.69, 9.17) is 10.5 Å². The lowest BCUT2D eigenvalue weighted by molar-refractivity contribution is -0.133. The largest absolute Gasteiger partial charge is 0.453 e. The molecule has 9 nitrogen and oxygen atoms in total. The van der Waals surface area contributed by atoms with Gasteiger partial charge in [-0.15, -0.1) is 0 Å². The highest BCUT2D eigenvalue weighted by Gasteiger charge is 2.57. The minimum Gasteiger partial charge on any atom is -0.453 e. The van der Waals surface area contributed by atoms with Gasteiger partial charge in [-0.25, -0.2) is 8.78 Å². The van der Waals surface area contributed by atoms with E-state index in [1.54, 1.807) is 30.7 Å². The van der Waals surface area contributed by atoms with Gasteiger partial charge in [0.25, 0.3) is 0 Å². The average Bonchev–Trinajstić information content (AvgIpc) is 3.58. The molecule has 6 rings (SSSR count). The summed E-state index contributed by atoms with van der Waals surface area (Å²) in [5, 5.41) is 7.22. The highest BCUT2D eigenvalue weighted by Crippen LogP contribution is 2.49. The van der Waals surface area contributed by atoms with Crippen molar-refractivity contribution in [3.63, 3.8) is 0 Å². The van der Waals surface area contributed by atoms with E-state index in [-0.39, 0.29) is 30.0 Å². The number of ether oxygens (including phenoxy) is 1. The maximum absolute atomic E-state index is 15.4. The SMILES string of the molecule is NC(=O)C1(C(=O)N(c2ccc(F)cc2)c2ccc(Oc3ccnc4cc(-c5cn[nH]c5)ncc34)c(F)c2)CC1. The fourth-order valence-electron chi connectivity index (χ4n) is 4.36. The number of anilines is 2. The number of nitrogens with zero attached hydrogens (tertiary/aromatic N) is 4. The number of nitrogens with one attached hydrogen (secondary N) is 1. The molecule has 39 heavy (non-hydrogen) atoms. The number of aromatic amines is 1. The molecule has 0 aliphatic heterocycles. The average molecular weight is 527 g/mol. The number of benzene rings is 2. The van der Waals surface area contributed by atoms with Crippen molar-refractivity contribution in [2.24, 2.45) is 11.1 Å². The van der Waals surface area contributed by atoms with Crippen LogP contribution in [0.2, 0.25) is 0 Å². The maximum atomic E-state index is 15.4. The summed E-state index contributed by atoms with van der Waals surface area (Å²) in [5.74, 6) is -2.40. The minimum atomic E-state index is -1.38. The summed E-state index contributed by atoms with van der Waals surface area (Å²) in [7, 11) is 0. The van der Waals surface area contributed by atoms with Crippen molar-refractivity contribution in [2.75, 3.05) is 4.90 Å². The predicted octanol–water partition coefficient (Wildman–Crippen LogP) is 5.02. The number of hydrogen-bond donors (Lipinski definition) is 2. The van der Waals surface area contributed by atoms with Gasteiger partial charge in [0.05, 0.1) is 28.5 Å². The van der Waals surface area contributed by atoms with Crippen LogP contribution in [-0.4, -0.2) is 32.0 Å². The zero-order chi connectivity index (χ0) is 27.1. The fourth-order valence-corrected chi connectivity index (χ4v) is 4.36. The quantitative estimate of drug-likeness (QED) is 0.287. The van der Waals surface area contributed by atoms with Crippen molar-refractivity contribution in [1.82, 2.24) is 20.2 Å². The van der Waals surface area contributed by atoms with E-state index in [0.29, 0.717) is 22.3 Å². The van der Waals surface area contributed by atoms with Crippen LogP contribution < -0.4 is 15.4 Å². The molecule has 2 aromatic carbocycles. The van der Waals surface area contributed by atoms with Crippen LogP contribution in [0.5, 0.6) is 11.5 Å². The molecule has 0 radical (unpaired) electrons. The zero-order valence-corrected chi connectivity index (χ0v) is 20.3. The van der Waals surface area contributed by atoms with Crippen molar-refractivity contribution in [2.45, 2.75) is 12.8 Å². The lowest BCUT2D eigenvalue weighted by atomic mass is 10.0. The third kappa shape index (κ3) is 4.33. The molecule has 11 heteroatoms. The number of pyridine rings is 2. The van der Waals surface area contributed by atoms with Crippen molar-refractivity contribution in [3.05, 3.63) is 91.0 Å². The molecule has 3 aromatic heterocycles. The van der Waals surface area contributed by atoms with E-state index in [2.05, 4.69) is 20.2 Å². The summed E-state index contributed by atoms with van der Waals surface area (Å²) in [4.78, 5) is 35.5. The summed E-state index contributed by atoms with van der Waals surface area (Å²) in [6.45, 7) is 0. The molecule has 0 atom stereocenters. The van der Waals surface area contributed by atoms with Crippen LogP contribution in [0, 0.1) is 17.0 Å². The summed E-state index contributed by atoms with van der Waals surface area (Å²) in [6, 6.07) is 12.4. The summed E-state index contributed by atoms with van der Waals surface area (Å²) in [6.07, 6.45) is 7.04. The van der Waals surface area contributed by atoms with Crippen molar-refractivity contribution in [1.29, 1.82) is 0 Å². The van der Waals surface area contributed by atoms with Crippen LogP contribution in [0.4, 0.5) is 20.2 Å². The number of hydrogen-bond acceptors (Lipinski definition) is 6. The lowest BCUT2D eigenvalue weighted by Gasteiger charge is -2.26. The number of aromatic nitrogens is 4. The van der Waals surface area contributed by atoms with Crippen molar-refractivity contribution < 1.29 is 23.1 Å². The second kappa shape index (κ2) is 9.28. The lowest BCUT2D eigenvalue weighted by Crippen LogP contribution is -2.41. The molecule has 1 fully saturated rings. The van der Waals surface area contributed by atoms with Gasteiger partial charge in [0, 0.05) is 35.9 Å². The van der Waals surface area contributed by atoms with Gasteiger partial charge < -0.3 is 10.5 Å². The predicted molar refractivity (Wildman–Crippen MR) is 138 cm³/mol. The number of H-pyrrole nitrogens is 1. The third-order valence-electron chi connectivity index (χ3n) is 6.69. The van der Waals surface area contributed by atoms with Gasteiger partial charge in [0.15, 0.2) is 11.6 Å². The molecule has 1 saturated carbocycles. The number of carbonyl (C=O) groups is 2. The molecule has 0 saturated heterocycles. The van der Waals surface area contributed by atoms with Crippen LogP contribution in [0.3, 0.4) is 0 Å². The second-order valence-corrected chi connectivity index (χ2v) is 9.16. The molecule has 194 valence electrons. The molecule has 2 amide bonds. The summed E-state index contributed by atoms with van der Waals surface area (Å²) >= 11 is 0. The first-order valence-electron chi connectivity index (χ1n) is 12.0. The standard InChI is InChI=1S/C28H20F2N6O3/c29-17-1-3-18(4-2-17)36(27(38)28(8-9-28)26(31)37)19-5-6-25(21(30)11-19)39-24-7-10-32-23-12-22(33-15-20(23)24)16-13-34-35-14-16/h1-7,10-15H,8-9H2,(H2,31,37)(H,34,35). The van der Waals surface area contributed by atoms with Gasteiger partial charge in [0.2, 0.25) is 11.8 Å². The monoisotopic (exact) mass is 526 g/mol. The Labute approximate surface area is 220 Å². The number of amides is 2. The van der Waals surface area contributed by atoms with Crippen molar-refractivity contribution >= 4 is 34.1 Å². The Morgan fingerprint density at radius 3 is 2.38 bits per heavy atom. The molecular formula is C28H20F2N6O3. The molecular weight excluding hydrogens is 506 g/mol. The fraction of sp³-hybridized carbons (Fsp3) is 0.107. The van der Waals surface area contributed by atoms with Gasteiger partial charge in [-0.05, 0) is 61.4 Å². The number of carbonyl (C=O) groups excluding carboxylic acids is 2. The Morgan fingerprint density at radius 1 is 0.949 bits per heavy atom. The van der Waals surface area contributed by atoms with Crippen LogP contribution in [-0.2, 0) is 9.59 Å². The van der Waals surface area contributed by atoms with E-state index in [1.165, 1.54) is 47.5 Å². The van der Waals surface area contributed by atoms with Crippen LogP contribution >= 0.6 is 0 Å². The zero-order valence-electron chi connectivity index (χ0n) is 20.3. The Hall–Kier alpha value is -5.19. The molecule has 0 unspecified atom stereocenters. The van der Waals surface area contributed by atoms with Crippen LogP contribution in [0.25, 0.3) is 22.2 Å². The van der Waals surface area contributed by atoms with Gasteiger partial charge in [-0.2, -0.15) is 5.10 Å². The Balaban J connectivity index is 1.34. The highest BCUT2D eigenvalue weighted by atomic mass is 19.1. The minimum absolute atomic E-state index is 0.104. The van der Waals surface area contributed by atoms with Gasteiger partial charge >= 0.3 is 0 Å². The van der Waals surface area contributed by atoms with Gasteiger partial charge in [0.1, 0.15) is 17.0 Å². The molecule has 5 aromatic rings. The summed E-state index contributed by atoms with van der Waals surface area (Å²) < 4.78 is 34.9. The molecule has 1 aliphatic carbocycles. The summed E-state index contributed by atoms with van der Waals surface area (Å²) in [5.41, 5.74) is 6.58. The van der Waals surface area contributed by atoms with Crippen molar-refractivity contribution in [3.8, 4) is 22.8 Å². The first-order chi connectivity index (χ1) is 18.9. The van der Waals surface area contributed by atoms with E-state index in [9.17, 15) is 14.0 Å². The van der Waals surface area contributed by atoms with Gasteiger partial charge in [-0.3, -0.25) is 29.6 Å². The smallest absolute Gasteiger partial charge is 0.247 e. The number of primary amides is 1. The maximum Gasteiger partial charge on any atom is 0.247 e. The number of halogens is 2. The van der Waals surface area contributed by atoms with Crippen LogP contribution in [0.15, 0.2) is 79.4 Å². The first kappa shape index (κ1) is 24.2. The molecule has 0 bridgehead atoms. The van der Waals surface area contributed by atoms with E-state index in [1.807, 2.05) is 0 Å². The van der Waals surface area contributed by atoms with E-state index >= 15 is 4.39 Å². The Kier molecular flexibility index (Phi) is 5.75. The molecule has 1 aliphatic rings.